The van der Waals surface area contributed by atoms with E-state index in [0.717, 1.165) is 43.9 Å². The summed E-state index contributed by atoms with van der Waals surface area (Å²) in [5, 5.41) is 0.966. The molecule has 0 saturated heterocycles. The van der Waals surface area contributed by atoms with E-state index in [-0.39, 0.29) is 11.0 Å². The number of hydrogen-bond acceptors (Lipinski definition) is 6. The van der Waals surface area contributed by atoms with Crippen molar-refractivity contribution in [1.29, 1.82) is 0 Å². The Morgan fingerprint density at radius 2 is 1.59 bits per heavy atom. The fourth-order valence-corrected chi connectivity index (χ4v) is 7.01. The zero-order valence-electron chi connectivity index (χ0n) is 25.5. The molecule has 0 amide bonds. The first-order chi connectivity index (χ1) is 19.5. The Kier molecular flexibility index (Phi) is 7.92. The van der Waals surface area contributed by atoms with Crippen LogP contribution in [0.3, 0.4) is 0 Å². The molecule has 1 aromatic heterocycles. The summed E-state index contributed by atoms with van der Waals surface area (Å²) in [5.41, 5.74) is 5.61. The average Bonchev–Trinajstić information content (AvgIpc) is 3.25. The summed E-state index contributed by atoms with van der Waals surface area (Å²) < 4.78 is 26.7. The molecule has 0 radical (unpaired) electrons. The largest absolute Gasteiger partial charge is 0.541 e. The molecule has 4 aromatic rings. The Morgan fingerprint density at radius 1 is 0.902 bits per heavy atom. The molecule has 1 aliphatic rings. The Balaban J connectivity index is 1.75. The van der Waals surface area contributed by atoms with Gasteiger partial charge in [-0.2, -0.15) is 0 Å². The van der Waals surface area contributed by atoms with Crippen molar-refractivity contribution in [3.05, 3.63) is 88.7 Å². The fourth-order valence-electron chi connectivity index (χ4n) is 5.08. The summed E-state index contributed by atoms with van der Waals surface area (Å²) in [6.45, 7) is 11.3. The van der Waals surface area contributed by atoms with Crippen LogP contribution in [0.15, 0.2) is 70.7 Å². The van der Waals surface area contributed by atoms with Crippen molar-refractivity contribution in [3.63, 3.8) is 0 Å². The highest BCUT2D eigenvalue weighted by Gasteiger charge is 2.42. The van der Waals surface area contributed by atoms with E-state index in [9.17, 15) is 0 Å². The second kappa shape index (κ2) is 11.1. The molecule has 216 valence electrons. The number of aromatic nitrogens is 2. The number of imidazole rings is 1. The van der Waals surface area contributed by atoms with Crippen molar-refractivity contribution in [2.75, 3.05) is 21.3 Å². The number of fused-ring (bicyclic) bond motifs is 2. The molecule has 0 bridgehead atoms. The van der Waals surface area contributed by atoms with E-state index in [2.05, 4.69) is 87.9 Å². The second-order valence-corrected chi connectivity index (χ2v) is 17.7. The van der Waals surface area contributed by atoms with Crippen molar-refractivity contribution >= 4 is 20.1 Å². The predicted molar refractivity (Wildman–Crippen MR) is 168 cm³/mol. The molecule has 0 saturated carbocycles. The molecule has 41 heavy (non-hydrogen) atoms. The fraction of sp³-hybridized carbons (Fsp3) is 0.364. The summed E-state index contributed by atoms with van der Waals surface area (Å²) in [6.07, 6.45) is 0.681. The van der Waals surface area contributed by atoms with Crippen molar-refractivity contribution in [2.45, 2.75) is 61.3 Å². The molecule has 8 heteroatoms. The van der Waals surface area contributed by atoms with Crippen LogP contribution in [0.1, 0.15) is 54.8 Å². The van der Waals surface area contributed by atoms with Crippen LogP contribution in [0.4, 0.5) is 0 Å². The van der Waals surface area contributed by atoms with Crippen LogP contribution in [0.5, 0.6) is 23.0 Å². The Labute approximate surface area is 249 Å². The molecule has 5 rings (SSSR count). The molecule has 1 aliphatic carbocycles. The van der Waals surface area contributed by atoms with E-state index < -0.39 is 8.32 Å². The van der Waals surface area contributed by atoms with Gasteiger partial charge in [0.25, 0.3) is 8.32 Å². The third-order valence-corrected chi connectivity index (χ3v) is 13.8. The van der Waals surface area contributed by atoms with Gasteiger partial charge in [-0.3, -0.25) is 0 Å². The minimum Gasteiger partial charge on any atom is -0.541 e. The van der Waals surface area contributed by atoms with Gasteiger partial charge in [0.2, 0.25) is 5.75 Å². The van der Waals surface area contributed by atoms with Gasteiger partial charge in [-0.05, 0) is 59.6 Å². The number of methoxy groups -OCH3 is 3. The van der Waals surface area contributed by atoms with Crippen LogP contribution in [0.2, 0.25) is 18.1 Å². The second-order valence-electron chi connectivity index (χ2n) is 12.0. The third-order valence-electron chi connectivity index (χ3n) is 8.46. The topological polar surface area (TPSA) is 54.7 Å². The van der Waals surface area contributed by atoms with E-state index in [0.29, 0.717) is 17.9 Å². The molecule has 1 heterocycles. The van der Waals surface area contributed by atoms with E-state index in [1.165, 1.54) is 5.69 Å². The highest BCUT2D eigenvalue weighted by molar-refractivity contribution is 7.99. The molecule has 1 atom stereocenters. The van der Waals surface area contributed by atoms with Crippen molar-refractivity contribution in [2.24, 2.45) is 7.05 Å². The summed E-state index contributed by atoms with van der Waals surface area (Å²) in [5.74, 6) is 2.81. The summed E-state index contributed by atoms with van der Waals surface area (Å²) >= 11 is 1.68. The summed E-state index contributed by atoms with van der Waals surface area (Å²) in [7, 11) is 4.95. The molecule has 0 spiro atoms. The van der Waals surface area contributed by atoms with Gasteiger partial charge < -0.3 is 23.2 Å². The Hall–Kier alpha value is -3.36. The molecule has 3 aromatic carbocycles. The standard InChI is InChI=1S/C33H40N2O4SSi/c1-33(2,3)41(8,9)39-30-25-19-26-29(34-32(35(26)4)40-23-13-11-10-12-14-23)28(21-15-17-22(36-5)18-16-21)24(25)20-27(37-6)31(30)38-7/h10-18,20,28H,19H2,1-9H3. The van der Waals surface area contributed by atoms with Crippen molar-refractivity contribution in [1.82, 2.24) is 9.55 Å². The molecule has 6 nitrogen and oxygen atoms in total. The average molecular weight is 589 g/mol. The number of nitrogens with zero attached hydrogens (tertiary/aromatic N) is 2. The van der Waals surface area contributed by atoms with E-state index in [4.69, 9.17) is 23.6 Å². The molecule has 0 aliphatic heterocycles. The minimum absolute atomic E-state index is 0.00913. The van der Waals surface area contributed by atoms with Gasteiger partial charge in [-0.15, -0.1) is 0 Å². The number of hydrogen-bond donors (Lipinski definition) is 0. The van der Waals surface area contributed by atoms with Crippen LogP contribution >= 0.6 is 11.8 Å². The van der Waals surface area contributed by atoms with E-state index in [1.54, 1.807) is 33.1 Å². The van der Waals surface area contributed by atoms with Crippen molar-refractivity contribution < 1.29 is 18.6 Å². The van der Waals surface area contributed by atoms with Crippen LogP contribution in [0, 0.1) is 0 Å². The first-order valence-electron chi connectivity index (χ1n) is 13.9. The zero-order chi connectivity index (χ0) is 29.5. The smallest absolute Gasteiger partial charge is 0.250 e. The van der Waals surface area contributed by atoms with Gasteiger partial charge >= 0.3 is 0 Å². The third kappa shape index (κ3) is 5.35. The molecular formula is C33H40N2O4SSi. The van der Waals surface area contributed by atoms with Gasteiger partial charge in [0.15, 0.2) is 16.7 Å². The zero-order valence-corrected chi connectivity index (χ0v) is 27.3. The van der Waals surface area contributed by atoms with Gasteiger partial charge in [0.1, 0.15) is 5.75 Å². The van der Waals surface area contributed by atoms with Gasteiger partial charge in [0.05, 0.1) is 32.9 Å². The van der Waals surface area contributed by atoms with Gasteiger partial charge in [-0.25, -0.2) is 4.98 Å². The molecular weight excluding hydrogens is 549 g/mol. The van der Waals surface area contributed by atoms with Crippen molar-refractivity contribution in [3.8, 4) is 23.0 Å². The lowest BCUT2D eigenvalue weighted by molar-refractivity contribution is 0.338. The van der Waals surface area contributed by atoms with E-state index >= 15 is 0 Å². The molecule has 1 unspecified atom stereocenters. The highest BCUT2D eigenvalue weighted by Crippen LogP contribution is 2.53. The van der Waals surface area contributed by atoms with Crippen LogP contribution in [-0.4, -0.2) is 39.2 Å². The Morgan fingerprint density at radius 3 is 2.17 bits per heavy atom. The quantitative estimate of drug-likeness (QED) is 0.171. The van der Waals surface area contributed by atoms with Crippen LogP contribution < -0.4 is 18.6 Å². The highest BCUT2D eigenvalue weighted by atomic mass is 32.2. The number of rotatable bonds is 8. The Bertz CT molecular complexity index is 1540. The SMILES string of the molecule is COc1ccc(C2c3cc(OC)c(OC)c(O[Si](C)(C)C(C)(C)C)c3Cc3c2nc(Sc2ccccc2)n3C)cc1. The first kappa shape index (κ1) is 29.1. The molecule has 0 N–H and O–H groups in total. The lowest BCUT2D eigenvalue weighted by Gasteiger charge is -2.39. The van der Waals surface area contributed by atoms with Gasteiger partial charge in [0, 0.05) is 29.6 Å². The number of ether oxygens (including phenoxy) is 3. The van der Waals surface area contributed by atoms with Crippen LogP contribution in [-0.2, 0) is 13.5 Å². The van der Waals surface area contributed by atoms with Gasteiger partial charge in [-0.1, -0.05) is 62.9 Å². The predicted octanol–water partition coefficient (Wildman–Crippen LogP) is 8.07. The lowest BCUT2D eigenvalue weighted by Crippen LogP contribution is -2.44. The molecule has 0 fully saturated rings. The monoisotopic (exact) mass is 588 g/mol. The summed E-state index contributed by atoms with van der Waals surface area (Å²) in [6, 6.07) is 20.8. The maximum Gasteiger partial charge on any atom is 0.250 e. The maximum atomic E-state index is 7.09. The van der Waals surface area contributed by atoms with Crippen LogP contribution in [0.25, 0.3) is 0 Å². The number of benzene rings is 3. The minimum atomic E-state index is -2.23. The maximum absolute atomic E-state index is 7.09. The lowest BCUT2D eigenvalue weighted by atomic mass is 9.78. The first-order valence-corrected chi connectivity index (χ1v) is 17.6. The summed E-state index contributed by atoms with van der Waals surface area (Å²) in [4.78, 5) is 6.43. The van der Waals surface area contributed by atoms with E-state index in [1.807, 2.05) is 18.2 Å². The normalized spacial score (nSPS) is 14.7.